The zero-order valence-electron chi connectivity index (χ0n) is 10.9. The van der Waals surface area contributed by atoms with Gasteiger partial charge in [0.1, 0.15) is 16.5 Å². The topological polar surface area (TPSA) is 84.0 Å². The first-order valence-corrected chi connectivity index (χ1v) is 8.00. The minimum absolute atomic E-state index is 0.0534. The average molecular weight is 357 g/mol. The second-order valence-electron chi connectivity index (χ2n) is 4.02. The van der Waals surface area contributed by atoms with Gasteiger partial charge in [-0.3, -0.25) is 4.72 Å². The van der Waals surface area contributed by atoms with E-state index < -0.39 is 10.0 Å². The lowest BCUT2D eigenvalue weighted by atomic mass is 10.4. The number of pyridine rings is 2. The van der Waals surface area contributed by atoms with Crippen molar-refractivity contribution < 1.29 is 8.42 Å². The lowest BCUT2D eigenvalue weighted by Crippen LogP contribution is -2.16. The van der Waals surface area contributed by atoms with E-state index in [0.717, 1.165) is 5.69 Å². The van der Waals surface area contributed by atoms with E-state index in [2.05, 4.69) is 35.9 Å². The molecule has 0 aliphatic rings. The molecule has 2 aromatic rings. The Morgan fingerprint density at radius 3 is 2.70 bits per heavy atom. The number of hydrogen-bond acceptors (Lipinski definition) is 5. The lowest BCUT2D eigenvalue weighted by Gasteiger charge is -2.11. The van der Waals surface area contributed by atoms with Gasteiger partial charge in [0.2, 0.25) is 0 Å². The van der Waals surface area contributed by atoms with E-state index in [0.29, 0.717) is 4.47 Å². The van der Waals surface area contributed by atoms with Crippen LogP contribution in [0.5, 0.6) is 0 Å². The van der Waals surface area contributed by atoms with E-state index >= 15 is 0 Å². The molecule has 0 fully saturated rings. The molecule has 106 valence electrons. The van der Waals surface area contributed by atoms with Crippen LogP contribution in [0.15, 0.2) is 39.8 Å². The number of aromatic nitrogens is 2. The van der Waals surface area contributed by atoms with Crippen LogP contribution in [0.3, 0.4) is 0 Å². The molecule has 20 heavy (non-hydrogen) atoms. The SMILES string of the molecule is CNc1ncc(Br)cc1S(=O)(=O)Nc1cccc(C)n1. The Morgan fingerprint density at radius 1 is 1.30 bits per heavy atom. The zero-order valence-corrected chi connectivity index (χ0v) is 13.3. The van der Waals surface area contributed by atoms with Crippen LogP contribution in [0.25, 0.3) is 0 Å². The van der Waals surface area contributed by atoms with Crippen molar-refractivity contribution in [2.45, 2.75) is 11.8 Å². The molecular formula is C12H13BrN4O2S. The summed E-state index contributed by atoms with van der Waals surface area (Å²) in [6, 6.07) is 6.60. The van der Waals surface area contributed by atoms with Gasteiger partial charge in [0.05, 0.1) is 0 Å². The first-order valence-electron chi connectivity index (χ1n) is 5.72. The number of nitrogens with zero attached hydrogens (tertiary/aromatic N) is 2. The summed E-state index contributed by atoms with van der Waals surface area (Å²) in [4.78, 5) is 8.20. The highest BCUT2D eigenvalue weighted by Gasteiger charge is 2.20. The van der Waals surface area contributed by atoms with E-state index in [4.69, 9.17) is 0 Å². The normalized spacial score (nSPS) is 11.2. The van der Waals surface area contributed by atoms with Crippen LogP contribution in [-0.4, -0.2) is 25.4 Å². The fourth-order valence-corrected chi connectivity index (χ4v) is 3.28. The van der Waals surface area contributed by atoms with Crippen LogP contribution >= 0.6 is 15.9 Å². The molecule has 0 aromatic carbocycles. The van der Waals surface area contributed by atoms with Gasteiger partial charge < -0.3 is 5.32 Å². The molecular weight excluding hydrogens is 344 g/mol. The summed E-state index contributed by atoms with van der Waals surface area (Å²) >= 11 is 3.22. The second kappa shape index (κ2) is 5.76. The van der Waals surface area contributed by atoms with Crippen LogP contribution < -0.4 is 10.0 Å². The molecule has 6 nitrogen and oxygen atoms in total. The zero-order chi connectivity index (χ0) is 14.8. The maximum absolute atomic E-state index is 12.4. The molecule has 2 heterocycles. The Bertz CT molecular complexity index is 734. The number of aryl methyl sites for hydroxylation is 1. The third kappa shape index (κ3) is 3.26. The van der Waals surface area contributed by atoms with Gasteiger partial charge in [-0.1, -0.05) is 6.07 Å². The molecule has 0 saturated heterocycles. The van der Waals surface area contributed by atoms with Gasteiger partial charge in [-0.05, 0) is 41.1 Å². The van der Waals surface area contributed by atoms with E-state index in [9.17, 15) is 8.42 Å². The average Bonchev–Trinajstić information content (AvgIpc) is 2.38. The largest absolute Gasteiger partial charge is 0.372 e. The van der Waals surface area contributed by atoms with Crippen LogP contribution in [0.1, 0.15) is 5.69 Å². The third-order valence-corrected chi connectivity index (χ3v) is 4.27. The first kappa shape index (κ1) is 14.7. The Labute approximate surface area is 125 Å². The predicted molar refractivity (Wildman–Crippen MR) is 81.3 cm³/mol. The third-order valence-electron chi connectivity index (χ3n) is 2.47. The van der Waals surface area contributed by atoms with Crippen molar-refractivity contribution in [1.82, 2.24) is 9.97 Å². The molecule has 0 aliphatic carbocycles. The van der Waals surface area contributed by atoms with Crippen LogP contribution in [-0.2, 0) is 10.0 Å². The predicted octanol–water partition coefficient (Wildman–Crippen LogP) is 2.39. The maximum Gasteiger partial charge on any atom is 0.266 e. The molecule has 0 unspecified atom stereocenters. The summed E-state index contributed by atoms with van der Waals surface area (Å²) in [6.45, 7) is 1.79. The number of nitrogens with one attached hydrogen (secondary N) is 2. The summed E-state index contributed by atoms with van der Waals surface area (Å²) in [6.07, 6.45) is 1.52. The smallest absolute Gasteiger partial charge is 0.266 e. The highest BCUT2D eigenvalue weighted by atomic mass is 79.9. The number of halogens is 1. The lowest BCUT2D eigenvalue weighted by molar-refractivity contribution is 0.601. The molecule has 2 rings (SSSR count). The van der Waals surface area contributed by atoms with Gasteiger partial charge in [-0.2, -0.15) is 0 Å². The Hall–Kier alpha value is -1.67. The molecule has 0 saturated carbocycles. The summed E-state index contributed by atoms with van der Waals surface area (Å²) in [5.41, 5.74) is 0.728. The van der Waals surface area contributed by atoms with Gasteiger partial charge in [0.25, 0.3) is 10.0 Å². The number of rotatable bonds is 4. The van der Waals surface area contributed by atoms with E-state index in [1.807, 2.05) is 0 Å². The van der Waals surface area contributed by atoms with Gasteiger partial charge in [-0.15, -0.1) is 0 Å². The quantitative estimate of drug-likeness (QED) is 0.878. The van der Waals surface area contributed by atoms with Crippen molar-refractivity contribution in [2.24, 2.45) is 0 Å². The van der Waals surface area contributed by atoms with Crippen molar-refractivity contribution in [3.63, 3.8) is 0 Å². The summed E-state index contributed by atoms with van der Waals surface area (Å²) in [5, 5.41) is 2.75. The number of hydrogen-bond donors (Lipinski definition) is 2. The van der Waals surface area contributed by atoms with Crippen LogP contribution in [0, 0.1) is 6.92 Å². The molecule has 2 N–H and O–H groups in total. The minimum Gasteiger partial charge on any atom is -0.372 e. The number of sulfonamides is 1. The highest BCUT2D eigenvalue weighted by Crippen LogP contribution is 2.24. The fraction of sp³-hybridized carbons (Fsp3) is 0.167. The molecule has 0 aliphatic heterocycles. The van der Waals surface area contributed by atoms with E-state index in [1.54, 1.807) is 32.2 Å². The maximum atomic E-state index is 12.4. The fourth-order valence-electron chi connectivity index (χ4n) is 1.61. The van der Waals surface area contributed by atoms with Gasteiger partial charge in [-0.25, -0.2) is 18.4 Å². The molecule has 0 bridgehead atoms. The summed E-state index contributed by atoms with van der Waals surface area (Å²) < 4.78 is 27.8. The second-order valence-corrected chi connectivity index (χ2v) is 6.59. The highest BCUT2D eigenvalue weighted by molar-refractivity contribution is 9.10. The standard InChI is InChI=1S/C12H13BrN4O2S/c1-8-4-3-5-11(16-8)17-20(18,19)10-6-9(13)7-15-12(10)14-2/h3-7H,1-2H3,(H,14,15)(H,16,17). The van der Waals surface area contributed by atoms with Gasteiger partial charge in [0.15, 0.2) is 0 Å². The van der Waals surface area contributed by atoms with Gasteiger partial charge in [0, 0.05) is 23.4 Å². The monoisotopic (exact) mass is 356 g/mol. The summed E-state index contributed by atoms with van der Waals surface area (Å²) in [7, 11) is -2.15. The van der Waals surface area contributed by atoms with Crippen molar-refractivity contribution in [3.05, 3.63) is 40.6 Å². The minimum atomic E-state index is -3.76. The van der Waals surface area contributed by atoms with E-state index in [-0.39, 0.29) is 16.5 Å². The Kier molecular flexibility index (Phi) is 4.24. The molecule has 0 amide bonds. The molecule has 0 spiro atoms. The molecule has 0 atom stereocenters. The molecule has 0 radical (unpaired) electrons. The van der Waals surface area contributed by atoms with E-state index in [1.165, 1.54) is 12.3 Å². The molecule has 8 heteroatoms. The van der Waals surface area contributed by atoms with Crippen LogP contribution in [0.2, 0.25) is 0 Å². The summed E-state index contributed by atoms with van der Waals surface area (Å²) in [5.74, 6) is 0.542. The number of anilines is 2. The Morgan fingerprint density at radius 2 is 2.05 bits per heavy atom. The van der Waals surface area contributed by atoms with Crippen molar-refractivity contribution in [2.75, 3.05) is 17.1 Å². The Balaban J connectivity index is 2.43. The van der Waals surface area contributed by atoms with Crippen molar-refractivity contribution in [3.8, 4) is 0 Å². The van der Waals surface area contributed by atoms with Crippen molar-refractivity contribution in [1.29, 1.82) is 0 Å². The first-order chi connectivity index (χ1) is 9.42. The van der Waals surface area contributed by atoms with Gasteiger partial charge >= 0.3 is 0 Å². The van der Waals surface area contributed by atoms with Crippen molar-refractivity contribution >= 4 is 37.6 Å². The van der Waals surface area contributed by atoms with Crippen LogP contribution in [0.4, 0.5) is 11.6 Å². The molecule has 2 aromatic heterocycles.